The van der Waals surface area contributed by atoms with Crippen LogP contribution >= 0.6 is 0 Å². The Bertz CT molecular complexity index is 1400. The number of aliphatic carboxylic acids is 1. The van der Waals surface area contributed by atoms with Crippen molar-refractivity contribution in [2.24, 2.45) is 0 Å². The van der Waals surface area contributed by atoms with E-state index in [1.165, 1.54) is 0 Å². The van der Waals surface area contributed by atoms with E-state index < -0.39 is 35.4 Å². The van der Waals surface area contributed by atoms with Gasteiger partial charge in [-0.3, -0.25) is 0 Å². The van der Waals surface area contributed by atoms with Crippen LogP contribution in [-0.2, 0) is 20.7 Å². The van der Waals surface area contributed by atoms with Crippen LogP contribution in [0.25, 0.3) is 10.8 Å². The number of amides is 2. The van der Waals surface area contributed by atoms with Crippen molar-refractivity contribution >= 4 is 40.3 Å². The summed E-state index contributed by atoms with van der Waals surface area (Å²) in [7, 11) is 0. The number of carbonyl (C=O) groups is 3. The molecule has 0 radical (unpaired) electrons. The highest BCUT2D eigenvalue weighted by Crippen LogP contribution is 2.33. The van der Waals surface area contributed by atoms with Gasteiger partial charge in [-0.25, -0.2) is 14.4 Å². The second-order valence-corrected chi connectivity index (χ2v) is 12.0. The van der Waals surface area contributed by atoms with E-state index in [0.29, 0.717) is 28.4 Å². The number of nitrogens with zero attached hydrogens (tertiary/aromatic N) is 1. The number of ether oxygens (including phenoxy) is 2. The summed E-state index contributed by atoms with van der Waals surface area (Å²) in [5.41, 5.74) is 2.53. The van der Waals surface area contributed by atoms with Gasteiger partial charge < -0.3 is 25.0 Å². The highest BCUT2D eigenvalue weighted by Gasteiger charge is 2.33. The molecule has 9 nitrogen and oxygen atoms in total. The fourth-order valence-corrected chi connectivity index (χ4v) is 4.59. The molecular weight excluding hydrogens is 524 g/mol. The van der Waals surface area contributed by atoms with Crippen molar-refractivity contribution in [3.63, 3.8) is 0 Å². The monoisotopic (exact) mass is 564 g/mol. The first-order chi connectivity index (χ1) is 19.0. The molecule has 220 valence electrons. The maximum absolute atomic E-state index is 13.2. The number of carbonyl (C=O) groups excluding carboxylic acids is 2. The Labute approximate surface area is 241 Å². The lowest BCUT2D eigenvalue weighted by Gasteiger charge is -2.29. The first-order valence-corrected chi connectivity index (χ1v) is 13.5. The quantitative estimate of drug-likeness (QED) is 0.283. The molecule has 0 aliphatic rings. The molecule has 3 N–H and O–H groups in total. The third kappa shape index (κ3) is 7.98. The molecule has 1 unspecified atom stereocenters. The molecular formula is C32H40N2O7. The van der Waals surface area contributed by atoms with Crippen LogP contribution in [0, 0.1) is 13.8 Å². The highest BCUT2D eigenvalue weighted by atomic mass is 16.6. The number of hydrogen-bond donors (Lipinski definition) is 3. The van der Waals surface area contributed by atoms with Crippen LogP contribution in [0.2, 0.25) is 0 Å². The molecule has 0 aromatic heterocycles. The summed E-state index contributed by atoms with van der Waals surface area (Å²) in [5.74, 6) is -1.05. The lowest BCUT2D eigenvalue weighted by molar-refractivity contribution is -0.138. The topological polar surface area (TPSA) is 125 Å². The van der Waals surface area contributed by atoms with E-state index in [1.807, 2.05) is 26.0 Å². The Hall–Kier alpha value is -4.11. The maximum atomic E-state index is 13.2. The number of aliphatic hydroxyl groups is 1. The molecule has 0 aliphatic carbocycles. The number of fused-ring (bicyclic) bond motifs is 1. The van der Waals surface area contributed by atoms with Crippen LogP contribution in [0.1, 0.15) is 69.8 Å². The molecule has 0 heterocycles. The summed E-state index contributed by atoms with van der Waals surface area (Å²) < 4.78 is 11.1. The molecule has 3 rings (SSSR count). The van der Waals surface area contributed by atoms with Gasteiger partial charge in [0.2, 0.25) is 0 Å². The first kappa shape index (κ1) is 31.4. The fraction of sp³-hybridized carbons (Fsp3) is 0.406. The zero-order valence-corrected chi connectivity index (χ0v) is 25.0. The molecule has 3 aromatic rings. The summed E-state index contributed by atoms with van der Waals surface area (Å²) in [4.78, 5) is 39.6. The van der Waals surface area contributed by atoms with Crippen molar-refractivity contribution in [3.8, 4) is 0 Å². The summed E-state index contributed by atoms with van der Waals surface area (Å²) >= 11 is 0. The van der Waals surface area contributed by atoms with Gasteiger partial charge in [0, 0.05) is 17.7 Å². The summed E-state index contributed by atoms with van der Waals surface area (Å²) in [6.07, 6.45) is -1.25. The molecule has 0 saturated carbocycles. The molecule has 2 amide bonds. The number of rotatable bonds is 7. The minimum Gasteiger partial charge on any atom is -0.479 e. The predicted molar refractivity (Wildman–Crippen MR) is 160 cm³/mol. The van der Waals surface area contributed by atoms with E-state index in [1.54, 1.807) is 77.9 Å². The predicted octanol–water partition coefficient (Wildman–Crippen LogP) is 6.91. The largest absolute Gasteiger partial charge is 0.479 e. The molecule has 9 heteroatoms. The van der Waals surface area contributed by atoms with E-state index in [9.17, 15) is 24.6 Å². The van der Waals surface area contributed by atoms with E-state index in [4.69, 9.17) is 9.47 Å². The molecule has 0 spiro atoms. The molecule has 0 bridgehead atoms. The Morgan fingerprint density at radius 2 is 1.44 bits per heavy atom. The molecule has 3 aromatic carbocycles. The minimum atomic E-state index is -1.05. The van der Waals surface area contributed by atoms with Gasteiger partial charge in [-0.1, -0.05) is 30.3 Å². The van der Waals surface area contributed by atoms with Crippen molar-refractivity contribution in [2.45, 2.75) is 79.1 Å². The van der Waals surface area contributed by atoms with Crippen molar-refractivity contribution < 1.29 is 34.1 Å². The zero-order chi connectivity index (χ0) is 30.7. The zero-order valence-electron chi connectivity index (χ0n) is 25.0. The normalized spacial score (nSPS) is 12.5. The molecule has 0 aliphatic heterocycles. The third-order valence-corrected chi connectivity index (χ3v) is 6.22. The number of carboxylic acid groups (broad SMARTS) is 1. The lowest BCUT2D eigenvalue weighted by atomic mass is 9.94. The Morgan fingerprint density at radius 3 is 1.93 bits per heavy atom. The second-order valence-electron chi connectivity index (χ2n) is 12.0. The average molecular weight is 565 g/mol. The standard InChI is InChI=1S/C32H40N2O7/c1-19-16-22(17-20(2)24(19)14-15-35)27(28(36)37)33-23-12-13-25-21(18-23)10-9-11-26(25)34(29(38)40-31(3,4)5)30(39)41-32(6,7)8/h9-13,16-18,27,33,35H,14-15H2,1-8H3,(H,36,37). The summed E-state index contributed by atoms with van der Waals surface area (Å²) in [6, 6.07) is 12.9. The van der Waals surface area contributed by atoms with Gasteiger partial charge in [-0.05, 0) is 108 Å². The Balaban J connectivity index is 2.03. The maximum Gasteiger partial charge on any atom is 0.424 e. The van der Waals surface area contributed by atoms with Crippen LogP contribution in [0.4, 0.5) is 21.0 Å². The summed E-state index contributed by atoms with van der Waals surface area (Å²) in [5, 5.41) is 23.8. The van der Waals surface area contributed by atoms with E-state index in [2.05, 4.69) is 5.32 Å². The number of anilines is 2. The van der Waals surface area contributed by atoms with E-state index >= 15 is 0 Å². The van der Waals surface area contributed by atoms with Crippen LogP contribution in [0.3, 0.4) is 0 Å². The Morgan fingerprint density at radius 1 is 0.878 bits per heavy atom. The molecule has 1 atom stereocenters. The van der Waals surface area contributed by atoms with Gasteiger partial charge in [0.15, 0.2) is 6.04 Å². The van der Waals surface area contributed by atoms with Crippen LogP contribution in [0.5, 0.6) is 0 Å². The number of nitrogens with one attached hydrogen (secondary N) is 1. The number of aliphatic hydroxyl groups excluding tert-OH is 1. The van der Waals surface area contributed by atoms with Crippen LogP contribution in [0.15, 0.2) is 48.5 Å². The highest BCUT2D eigenvalue weighted by molar-refractivity contribution is 6.15. The Kier molecular flexibility index (Phi) is 9.33. The van der Waals surface area contributed by atoms with Crippen LogP contribution in [-0.4, -0.2) is 46.2 Å². The lowest BCUT2D eigenvalue weighted by Crippen LogP contribution is -2.43. The van der Waals surface area contributed by atoms with E-state index in [-0.39, 0.29) is 12.3 Å². The van der Waals surface area contributed by atoms with Gasteiger partial charge in [-0.2, -0.15) is 4.90 Å². The smallest absolute Gasteiger partial charge is 0.424 e. The van der Waals surface area contributed by atoms with Gasteiger partial charge in [-0.15, -0.1) is 0 Å². The third-order valence-electron chi connectivity index (χ3n) is 6.22. The van der Waals surface area contributed by atoms with Gasteiger partial charge in [0.1, 0.15) is 11.2 Å². The number of benzene rings is 3. The first-order valence-electron chi connectivity index (χ1n) is 13.5. The second kappa shape index (κ2) is 12.2. The van der Waals surface area contributed by atoms with Gasteiger partial charge in [0.05, 0.1) is 5.69 Å². The molecule has 41 heavy (non-hydrogen) atoms. The van der Waals surface area contributed by atoms with Crippen molar-refractivity contribution in [1.82, 2.24) is 0 Å². The SMILES string of the molecule is Cc1cc(C(Nc2ccc3c(N(C(=O)OC(C)(C)C)C(=O)OC(C)(C)C)cccc3c2)C(=O)O)cc(C)c1CCO. The van der Waals surface area contributed by atoms with Gasteiger partial charge >= 0.3 is 18.2 Å². The van der Waals surface area contributed by atoms with Crippen molar-refractivity contribution in [3.05, 3.63) is 70.8 Å². The molecule has 0 fully saturated rings. The van der Waals surface area contributed by atoms with Crippen LogP contribution < -0.4 is 10.2 Å². The van der Waals surface area contributed by atoms with E-state index in [0.717, 1.165) is 21.6 Å². The number of aryl methyl sites for hydroxylation is 2. The average Bonchev–Trinajstić information content (AvgIpc) is 2.82. The minimum absolute atomic E-state index is 0.0139. The molecule has 0 saturated heterocycles. The van der Waals surface area contributed by atoms with Crippen molar-refractivity contribution in [2.75, 3.05) is 16.8 Å². The van der Waals surface area contributed by atoms with Crippen molar-refractivity contribution in [1.29, 1.82) is 0 Å². The number of imide groups is 1. The fourth-order valence-electron chi connectivity index (χ4n) is 4.59. The number of hydrogen-bond acceptors (Lipinski definition) is 7. The summed E-state index contributed by atoms with van der Waals surface area (Å²) in [6.45, 7) is 14.1. The van der Waals surface area contributed by atoms with Gasteiger partial charge in [0.25, 0.3) is 0 Å². The number of carboxylic acids is 1.